The molecule has 128 valence electrons. The minimum Gasteiger partial charge on any atom is -0.381 e. The predicted molar refractivity (Wildman–Crippen MR) is 88.7 cm³/mol. The monoisotopic (exact) mass is 320 g/mol. The topological polar surface area (TPSA) is 59.4 Å². The zero-order valence-electron chi connectivity index (χ0n) is 14.5. The largest absolute Gasteiger partial charge is 0.381 e. The zero-order valence-corrected chi connectivity index (χ0v) is 14.5. The summed E-state index contributed by atoms with van der Waals surface area (Å²) in [6, 6.07) is 0. The fourth-order valence-corrected chi connectivity index (χ4v) is 3.82. The minimum atomic E-state index is -0.0310. The minimum absolute atomic E-state index is 0.0112. The summed E-state index contributed by atoms with van der Waals surface area (Å²) in [6.45, 7) is 2.16. The van der Waals surface area contributed by atoms with Crippen LogP contribution in [0.3, 0.4) is 0 Å². The number of nitrogens with zero attached hydrogens (tertiary/aromatic N) is 3. The summed E-state index contributed by atoms with van der Waals surface area (Å²) in [5, 5.41) is 7.63. The average molecular weight is 320 g/mol. The number of carbonyl (C=O) groups excluding carboxylic acids is 1. The van der Waals surface area contributed by atoms with Crippen LogP contribution < -0.4 is 5.32 Å². The molecule has 0 atom stereocenters. The van der Waals surface area contributed by atoms with Crippen molar-refractivity contribution in [2.75, 3.05) is 33.9 Å². The van der Waals surface area contributed by atoms with Gasteiger partial charge in [0.15, 0.2) is 5.69 Å². The van der Waals surface area contributed by atoms with Crippen molar-refractivity contribution in [3.05, 3.63) is 17.0 Å². The molecular formula is C17H28N4O2. The van der Waals surface area contributed by atoms with Crippen LogP contribution in [0.25, 0.3) is 0 Å². The standard InChI is InChI=1S/C17H28N4O2/c1-20(2)17(8-10-23-11-9-17)12-18-16(22)15-13-6-4-5-7-14(13)21(3)19-15/h4-12H2,1-3H3,(H,18,22). The lowest BCUT2D eigenvalue weighted by Gasteiger charge is -2.42. The molecule has 1 N–H and O–H groups in total. The number of nitrogens with one attached hydrogen (secondary N) is 1. The van der Waals surface area contributed by atoms with E-state index >= 15 is 0 Å². The van der Waals surface area contributed by atoms with Crippen LogP contribution in [0.5, 0.6) is 0 Å². The van der Waals surface area contributed by atoms with Gasteiger partial charge in [-0.1, -0.05) is 0 Å². The maximum absolute atomic E-state index is 12.7. The van der Waals surface area contributed by atoms with Crippen molar-refractivity contribution in [3.63, 3.8) is 0 Å². The van der Waals surface area contributed by atoms with Crippen LogP contribution in [-0.2, 0) is 24.6 Å². The molecule has 1 aliphatic heterocycles. The molecule has 1 saturated heterocycles. The van der Waals surface area contributed by atoms with Crippen LogP contribution in [-0.4, -0.2) is 60.0 Å². The molecule has 0 spiro atoms. The van der Waals surface area contributed by atoms with Gasteiger partial charge in [0.1, 0.15) is 0 Å². The molecule has 23 heavy (non-hydrogen) atoms. The van der Waals surface area contributed by atoms with Crippen LogP contribution in [0.15, 0.2) is 0 Å². The lowest BCUT2D eigenvalue weighted by atomic mass is 9.88. The Morgan fingerprint density at radius 2 is 2.00 bits per heavy atom. The number of carbonyl (C=O) groups is 1. The number of fused-ring (bicyclic) bond motifs is 1. The van der Waals surface area contributed by atoms with Gasteiger partial charge in [0.05, 0.1) is 0 Å². The van der Waals surface area contributed by atoms with E-state index in [2.05, 4.69) is 29.4 Å². The van der Waals surface area contributed by atoms with Crippen LogP contribution >= 0.6 is 0 Å². The van der Waals surface area contributed by atoms with Gasteiger partial charge in [-0.15, -0.1) is 0 Å². The fourth-order valence-electron chi connectivity index (χ4n) is 3.82. The highest BCUT2D eigenvalue weighted by Crippen LogP contribution is 2.26. The molecule has 1 aliphatic carbocycles. The van der Waals surface area contributed by atoms with Gasteiger partial charge in [-0.2, -0.15) is 5.10 Å². The molecule has 1 aromatic heterocycles. The first-order valence-electron chi connectivity index (χ1n) is 8.62. The molecule has 0 radical (unpaired) electrons. The van der Waals surface area contributed by atoms with Crippen molar-refractivity contribution in [1.29, 1.82) is 0 Å². The third-order valence-corrected chi connectivity index (χ3v) is 5.53. The molecule has 2 aliphatic rings. The summed E-state index contributed by atoms with van der Waals surface area (Å²) in [4.78, 5) is 14.9. The van der Waals surface area contributed by atoms with Gasteiger partial charge in [0.2, 0.25) is 0 Å². The Balaban J connectivity index is 1.72. The second kappa shape index (κ2) is 6.61. The number of aromatic nitrogens is 2. The zero-order chi connectivity index (χ0) is 16.4. The SMILES string of the molecule is CN(C)C1(CNC(=O)c2nn(C)c3c2CCCC3)CCOCC1. The Hall–Kier alpha value is -1.40. The molecule has 6 nitrogen and oxygen atoms in total. The first kappa shape index (κ1) is 16.5. The lowest BCUT2D eigenvalue weighted by Crippen LogP contribution is -2.55. The van der Waals surface area contributed by atoms with Crippen molar-refractivity contribution >= 4 is 5.91 Å². The van der Waals surface area contributed by atoms with Gasteiger partial charge >= 0.3 is 0 Å². The normalized spacial score (nSPS) is 20.3. The third-order valence-electron chi connectivity index (χ3n) is 5.53. The van der Waals surface area contributed by atoms with E-state index in [0.717, 1.165) is 50.9 Å². The molecule has 2 heterocycles. The van der Waals surface area contributed by atoms with Crippen LogP contribution in [0.2, 0.25) is 0 Å². The Morgan fingerprint density at radius 1 is 1.30 bits per heavy atom. The van der Waals surface area contributed by atoms with Gasteiger partial charge in [0, 0.05) is 43.6 Å². The number of aryl methyl sites for hydroxylation is 1. The van der Waals surface area contributed by atoms with Gasteiger partial charge in [-0.05, 0) is 52.6 Å². The predicted octanol–water partition coefficient (Wildman–Crippen LogP) is 1.14. The van der Waals surface area contributed by atoms with Crippen LogP contribution in [0, 0.1) is 0 Å². The number of amides is 1. The lowest BCUT2D eigenvalue weighted by molar-refractivity contribution is -0.00660. The molecule has 1 fully saturated rings. The summed E-state index contributed by atoms with van der Waals surface area (Å²) >= 11 is 0. The van der Waals surface area contributed by atoms with Gasteiger partial charge < -0.3 is 15.0 Å². The highest BCUT2D eigenvalue weighted by molar-refractivity contribution is 5.94. The maximum Gasteiger partial charge on any atom is 0.272 e. The van der Waals surface area contributed by atoms with E-state index in [9.17, 15) is 4.79 Å². The van der Waals surface area contributed by atoms with Crippen molar-refractivity contribution in [3.8, 4) is 0 Å². The highest BCUT2D eigenvalue weighted by Gasteiger charge is 2.35. The molecule has 0 aromatic carbocycles. The number of rotatable bonds is 4. The van der Waals surface area contributed by atoms with Crippen molar-refractivity contribution in [2.45, 2.75) is 44.1 Å². The average Bonchev–Trinajstić information content (AvgIpc) is 2.91. The fraction of sp³-hybridized carbons (Fsp3) is 0.765. The molecule has 0 unspecified atom stereocenters. The molecule has 0 bridgehead atoms. The first-order chi connectivity index (χ1) is 11.0. The maximum atomic E-state index is 12.7. The second-order valence-corrected chi connectivity index (χ2v) is 7.02. The second-order valence-electron chi connectivity index (χ2n) is 7.02. The smallest absolute Gasteiger partial charge is 0.272 e. The summed E-state index contributed by atoms with van der Waals surface area (Å²) in [6.07, 6.45) is 6.24. The van der Waals surface area contributed by atoms with Crippen molar-refractivity contribution in [1.82, 2.24) is 20.0 Å². The van der Waals surface area contributed by atoms with Crippen molar-refractivity contribution < 1.29 is 9.53 Å². The summed E-state index contributed by atoms with van der Waals surface area (Å²) < 4.78 is 7.38. The summed E-state index contributed by atoms with van der Waals surface area (Å²) in [7, 11) is 6.11. The van der Waals surface area contributed by atoms with Gasteiger partial charge in [-0.25, -0.2) is 0 Å². The first-order valence-corrected chi connectivity index (χ1v) is 8.62. The number of hydrogen-bond donors (Lipinski definition) is 1. The molecule has 3 rings (SSSR count). The van der Waals surface area contributed by atoms with E-state index in [1.807, 2.05) is 11.7 Å². The Bertz CT molecular complexity index is 573. The molecule has 6 heteroatoms. The third kappa shape index (κ3) is 3.15. The Labute approximate surface area is 138 Å². The number of likely N-dealkylation sites (N-methyl/N-ethyl adjacent to an activating group) is 1. The van der Waals surface area contributed by atoms with E-state index in [1.165, 1.54) is 12.1 Å². The summed E-state index contributed by atoms with van der Waals surface area (Å²) in [5.41, 5.74) is 3.00. The molecule has 1 amide bonds. The number of hydrogen-bond acceptors (Lipinski definition) is 4. The van der Waals surface area contributed by atoms with E-state index < -0.39 is 0 Å². The number of ether oxygens (including phenoxy) is 1. The summed E-state index contributed by atoms with van der Waals surface area (Å²) in [5.74, 6) is -0.0310. The van der Waals surface area contributed by atoms with Gasteiger partial charge in [0.25, 0.3) is 5.91 Å². The van der Waals surface area contributed by atoms with E-state index in [1.54, 1.807) is 0 Å². The van der Waals surface area contributed by atoms with E-state index in [-0.39, 0.29) is 11.4 Å². The molecule has 0 saturated carbocycles. The quantitative estimate of drug-likeness (QED) is 0.904. The highest BCUT2D eigenvalue weighted by atomic mass is 16.5. The van der Waals surface area contributed by atoms with Crippen molar-refractivity contribution in [2.24, 2.45) is 7.05 Å². The van der Waals surface area contributed by atoms with Gasteiger partial charge in [-0.3, -0.25) is 9.48 Å². The Morgan fingerprint density at radius 3 is 2.70 bits per heavy atom. The molecular weight excluding hydrogens is 292 g/mol. The van der Waals surface area contributed by atoms with E-state index in [4.69, 9.17) is 4.74 Å². The van der Waals surface area contributed by atoms with E-state index in [0.29, 0.717) is 12.2 Å². The van der Waals surface area contributed by atoms with Crippen LogP contribution in [0.4, 0.5) is 0 Å². The molecule has 1 aromatic rings. The van der Waals surface area contributed by atoms with Crippen LogP contribution in [0.1, 0.15) is 47.4 Å². The Kier molecular flexibility index (Phi) is 4.73.